The van der Waals surface area contributed by atoms with Gasteiger partial charge in [0.1, 0.15) is 23.0 Å². The van der Waals surface area contributed by atoms with Gasteiger partial charge in [-0.25, -0.2) is 8.42 Å². The van der Waals surface area contributed by atoms with Gasteiger partial charge in [-0.3, -0.25) is 0 Å². The Morgan fingerprint density at radius 3 is 2.44 bits per heavy atom. The molecule has 134 valence electrons. The minimum absolute atomic E-state index is 0.170. The molecule has 0 fully saturated rings. The molecule has 2 rings (SSSR count). The summed E-state index contributed by atoms with van der Waals surface area (Å²) in [6.07, 6.45) is 1.67. The number of nitrogens with zero attached hydrogens (tertiary/aromatic N) is 1. The van der Waals surface area contributed by atoms with E-state index in [9.17, 15) is 8.42 Å². The average Bonchev–Trinajstić information content (AvgIpc) is 2.61. The van der Waals surface area contributed by atoms with Crippen molar-refractivity contribution in [2.24, 2.45) is 0 Å². The lowest BCUT2D eigenvalue weighted by Gasteiger charge is -2.19. The Kier molecular flexibility index (Phi) is 6.22. The first-order chi connectivity index (χ1) is 11.9. The Balaban J connectivity index is 2.20. The predicted octanol–water partition coefficient (Wildman–Crippen LogP) is 3.39. The quantitative estimate of drug-likeness (QED) is 0.676. The number of benzene rings is 2. The first kappa shape index (κ1) is 19.0. The normalized spacial score (nSPS) is 11.4. The van der Waals surface area contributed by atoms with Crippen LogP contribution in [-0.2, 0) is 16.6 Å². The van der Waals surface area contributed by atoms with Crippen LogP contribution in [0.25, 0.3) is 0 Å². The lowest BCUT2D eigenvalue weighted by molar-refractivity contribution is 0.363. The van der Waals surface area contributed by atoms with Crippen LogP contribution in [-0.4, -0.2) is 33.5 Å². The molecule has 0 aliphatic heterocycles. The molecule has 2 aromatic carbocycles. The van der Waals surface area contributed by atoms with Gasteiger partial charge in [0.25, 0.3) is 0 Å². The molecule has 0 heterocycles. The minimum Gasteiger partial charge on any atom is -0.495 e. The summed E-state index contributed by atoms with van der Waals surface area (Å²) >= 11 is 0. The molecule has 0 N–H and O–H groups in total. The summed E-state index contributed by atoms with van der Waals surface area (Å²) in [5.41, 5.74) is 1.72. The summed E-state index contributed by atoms with van der Waals surface area (Å²) in [7, 11) is -0.644. The summed E-state index contributed by atoms with van der Waals surface area (Å²) in [4.78, 5) is 0.170. The van der Waals surface area contributed by atoms with Gasteiger partial charge >= 0.3 is 0 Å². The molecule has 0 aromatic heterocycles. The summed E-state index contributed by atoms with van der Waals surface area (Å²) in [5, 5.41) is 0. The maximum absolute atomic E-state index is 12.9. The fourth-order valence-electron chi connectivity index (χ4n) is 2.34. The first-order valence-electron chi connectivity index (χ1n) is 7.82. The van der Waals surface area contributed by atoms with Crippen molar-refractivity contribution in [2.45, 2.75) is 18.4 Å². The number of sulfonamides is 1. The molecule has 0 radical (unpaired) electrons. The van der Waals surface area contributed by atoms with Crippen molar-refractivity contribution in [1.29, 1.82) is 0 Å². The molecule has 25 heavy (non-hydrogen) atoms. The van der Waals surface area contributed by atoms with E-state index in [0.29, 0.717) is 12.4 Å². The summed E-state index contributed by atoms with van der Waals surface area (Å²) < 4.78 is 37.7. The highest BCUT2D eigenvalue weighted by molar-refractivity contribution is 7.89. The second-order valence-electron chi connectivity index (χ2n) is 5.66. The molecule has 0 bridgehead atoms. The van der Waals surface area contributed by atoms with Crippen LogP contribution in [0.5, 0.6) is 11.5 Å². The van der Waals surface area contributed by atoms with E-state index in [1.54, 1.807) is 25.3 Å². The van der Waals surface area contributed by atoms with Gasteiger partial charge in [0.15, 0.2) is 0 Å². The van der Waals surface area contributed by atoms with Gasteiger partial charge in [0, 0.05) is 13.6 Å². The van der Waals surface area contributed by atoms with Crippen LogP contribution in [0.15, 0.2) is 60.0 Å². The highest BCUT2D eigenvalue weighted by atomic mass is 32.2. The zero-order valence-corrected chi connectivity index (χ0v) is 15.5. The number of ether oxygens (including phenoxy) is 2. The molecule has 0 atom stereocenters. The van der Waals surface area contributed by atoms with Crippen molar-refractivity contribution in [3.05, 3.63) is 66.2 Å². The van der Waals surface area contributed by atoms with Gasteiger partial charge in [-0.05, 0) is 42.3 Å². The van der Waals surface area contributed by atoms with E-state index in [1.165, 1.54) is 11.4 Å². The van der Waals surface area contributed by atoms with E-state index in [1.807, 2.05) is 37.3 Å². The minimum atomic E-state index is -3.66. The van der Waals surface area contributed by atoms with E-state index in [-0.39, 0.29) is 11.4 Å². The van der Waals surface area contributed by atoms with Gasteiger partial charge < -0.3 is 9.47 Å². The van der Waals surface area contributed by atoms with Crippen molar-refractivity contribution in [1.82, 2.24) is 4.31 Å². The Morgan fingerprint density at radius 2 is 1.84 bits per heavy atom. The topological polar surface area (TPSA) is 55.8 Å². The predicted molar refractivity (Wildman–Crippen MR) is 98.5 cm³/mol. The molecule has 0 unspecified atom stereocenters. The van der Waals surface area contributed by atoms with Crippen LogP contribution in [0.4, 0.5) is 0 Å². The molecule has 0 aliphatic carbocycles. The first-order valence-corrected chi connectivity index (χ1v) is 9.26. The zero-order valence-electron chi connectivity index (χ0n) is 14.7. The molecule has 0 spiro atoms. The van der Waals surface area contributed by atoms with Gasteiger partial charge in [-0.2, -0.15) is 4.31 Å². The summed E-state index contributed by atoms with van der Waals surface area (Å²) in [5.74, 6) is 1.06. The SMILES string of the molecule is C=CCOc1ccc(CN(C)S(=O)(=O)c2cc(C)ccc2OC)cc1. The third kappa shape index (κ3) is 4.61. The number of hydrogen-bond donors (Lipinski definition) is 0. The number of aryl methyl sites for hydroxylation is 1. The van der Waals surface area contributed by atoms with Crippen molar-refractivity contribution in [2.75, 3.05) is 20.8 Å². The van der Waals surface area contributed by atoms with Crippen LogP contribution in [0, 0.1) is 6.92 Å². The van der Waals surface area contributed by atoms with E-state index in [4.69, 9.17) is 9.47 Å². The van der Waals surface area contributed by atoms with Crippen molar-refractivity contribution in [3.8, 4) is 11.5 Å². The molecule has 0 saturated heterocycles. The number of methoxy groups -OCH3 is 1. The molecule has 6 heteroatoms. The van der Waals surface area contributed by atoms with E-state index < -0.39 is 10.0 Å². The zero-order chi connectivity index (χ0) is 18.4. The smallest absolute Gasteiger partial charge is 0.246 e. The Bertz CT molecular complexity index is 829. The van der Waals surface area contributed by atoms with Gasteiger partial charge in [0.2, 0.25) is 10.0 Å². The maximum atomic E-state index is 12.9. The number of rotatable bonds is 8. The standard InChI is InChI=1S/C19H23NO4S/c1-5-12-24-17-9-7-16(8-10-17)14-20(3)25(21,22)19-13-15(2)6-11-18(19)23-4/h5-11,13H,1,12,14H2,2-4H3. The highest BCUT2D eigenvalue weighted by Crippen LogP contribution is 2.28. The molecule has 0 aliphatic rings. The van der Waals surface area contributed by atoms with Crippen LogP contribution < -0.4 is 9.47 Å². The van der Waals surface area contributed by atoms with E-state index in [0.717, 1.165) is 16.9 Å². The second kappa shape index (κ2) is 8.18. The molecule has 2 aromatic rings. The fraction of sp³-hybridized carbons (Fsp3) is 0.263. The number of hydrogen-bond acceptors (Lipinski definition) is 4. The Hall–Kier alpha value is -2.31. The lowest BCUT2D eigenvalue weighted by atomic mass is 10.2. The Labute approximate surface area is 149 Å². The van der Waals surface area contributed by atoms with Gasteiger partial charge in [0.05, 0.1) is 7.11 Å². The molecule has 5 nitrogen and oxygen atoms in total. The third-order valence-electron chi connectivity index (χ3n) is 3.70. The fourth-order valence-corrected chi connectivity index (χ4v) is 3.74. The van der Waals surface area contributed by atoms with Gasteiger partial charge in [-0.1, -0.05) is 30.9 Å². The van der Waals surface area contributed by atoms with Crippen LogP contribution >= 0.6 is 0 Å². The highest BCUT2D eigenvalue weighted by Gasteiger charge is 2.25. The molecular weight excluding hydrogens is 338 g/mol. The monoisotopic (exact) mass is 361 g/mol. The molecule has 0 saturated carbocycles. The van der Waals surface area contributed by atoms with E-state index in [2.05, 4.69) is 6.58 Å². The molecule has 0 amide bonds. The maximum Gasteiger partial charge on any atom is 0.246 e. The van der Waals surface area contributed by atoms with Gasteiger partial charge in [-0.15, -0.1) is 0 Å². The average molecular weight is 361 g/mol. The lowest BCUT2D eigenvalue weighted by Crippen LogP contribution is -2.27. The summed E-state index contributed by atoms with van der Waals surface area (Å²) in [6, 6.07) is 12.4. The molecular formula is C19H23NO4S. The van der Waals surface area contributed by atoms with Crippen LogP contribution in [0.3, 0.4) is 0 Å². The van der Waals surface area contributed by atoms with Crippen LogP contribution in [0.2, 0.25) is 0 Å². The van der Waals surface area contributed by atoms with Crippen molar-refractivity contribution >= 4 is 10.0 Å². The third-order valence-corrected chi connectivity index (χ3v) is 5.53. The van der Waals surface area contributed by atoms with E-state index >= 15 is 0 Å². The summed E-state index contributed by atoms with van der Waals surface area (Å²) in [6.45, 7) is 6.13. The van der Waals surface area contributed by atoms with Crippen LogP contribution in [0.1, 0.15) is 11.1 Å². The largest absolute Gasteiger partial charge is 0.495 e. The second-order valence-corrected chi connectivity index (χ2v) is 7.67. The van der Waals surface area contributed by atoms with Crippen molar-refractivity contribution in [3.63, 3.8) is 0 Å². The van der Waals surface area contributed by atoms with Crippen molar-refractivity contribution < 1.29 is 17.9 Å². The Morgan fingerprint density at radius 1 is 1.16 bits per heavy atom.